The smallest absolute Gasteiger partial charge is 0.164 e. The number of nitrogens with zero attached hydrogens (tertiary/aromatic N) is 3. The summed E-state index contributed by atoms with van der Waals surface area (Å²) in [5.41, 5.74) is 2.49. The van der Waals surface area contributed by atoms with Crippen molar-refractivity contribution in [3.63, 3.8) is 0 Å². The molecule has 26 heavy (non-hydrogen) atoms. The molecule has 3 N–H and O–H groups in total. The number of hydrogen-bond acceptors (Lipinski definition) is 6. The van der Waals surface area contributed by atoms with Crippen LogP contribution >= 0.6 is 0 Å². The van der Waals surface area contributed by atoms with E-state index in [-0.39, 0.29) is 12.7 Å². The molecular weight excluding hydrogens is 332 g/mol. The Labute approximate surface area is 153 Å². The maximum atomic E-state index is 10.3. The highest BCUT2D eigenvalue weighted by Crippen LogP contribution is 2.32. The lowest BCUT2D eigenvalue weighted by Crippen LogP contribution is -2.21. The molecular formula is C19H28N4O3. The second-order valence-corrected chi connectivity index (χ2v) is 7.50. The van der Waals surface area contributed by atoms with Crippen molar-refractivity contribution in [3.8, 4) is 0 Å². The van der Waals surface area contributed by atoms with Gasteiger partial charge in [0.2, 0.25) is 0 Å². The minimum absolute atomic E-state index is 0.0951. The van der Waals surface area contributed by atoms with Crippen LogP contribution < -0.4 is 5.32 Å². The molecule has 0 bridgehead atoms. The summed E-state index contributed by atoms with van der Waals surface area (Å²) in [4.78, 5) is 9.01. The van der Waals surface area contributed by atoms with Gasteiger partial charge in [0.1, 0.15) is 11.6 Å². The van der Waals surface area contributed by atoms with Crippen molar-refractivity contribution >= 4 is 16.9 Å². The topological polar surface area (TPSA) is 92.4 Å². The Balaban J connectivity index is 1.57. The molecule has 0 radical (unpaired) electrons. The maximum absolute atomic E-state index is 10.3. The Bertz CT molecular complexity index is 727. The van der Waals surface area contributed by atoms with Gasteiger partial charge < -0.3 is 20.3 Å². The van der Waals surface area contributed by atoms with E-state index in [1.54, 1.807) is 17.1 Å². The number of aliphatic hydroxyl groups excluding tert-OH is 2. The third kappa shape index (κ3) is 3.56. The lowest BCUT2D eigenvalue weighted by Gasteiger charge is -2.22. The highest BCUT2D eigenvalue weighted by Gasteiger charge is 2.35. The first kappa shape index (κ1) is 17.7. The third-order valence-corrected chi connectivity index (χ3v) is 5.57. The second kappa shape index (κ2) is 7.90. The van der Waals surface area contributed by atoms with Gasteiger partial charge in [0.05, 0.1) is 24.7 Å². The number of pyridine rings is 1. The monoisotopic (exact) mass is 360 g/mol. The number of fused-ring (bicyclic) bond motifs is 1. The molecule has 0 unspecified atom stereocenters. The van der Waals surface area contributed by atoms with Crippen LogP contribution in [0.3, 0.4) is 0 Å². The van der Waals surface area contributed by atoms with Crippen molar-refractivity contribution in [1.29, 1.82) is 0 Å². The molecule has 3 atom stereocenters. The quantitative estimate of drug-likeness (QED) is 0.776. The summed E-state index contributed by atoms with van der Waals surface area (Å²) in [7, 11) is 0. The van der Waals surface area contributed by atoms with Crippen LogP contribution in [0.1, 0.15) is 57.6 Å². The SMILES string of the molecule is OC[C@@H]1C[C@@H](O)[C@H](n2cnc3c(NC4CCCCCCC4)ccnc32)O1. The van der Waals surface area contributed by atoms with Crippen LogP contribution in [-0.4, -0.2) is 49.6 Å². The molecule has 7 heteroatoms. The van der Waals surface area contributed by atoms with E-state index in [9.17, 15) is 10.2 Å². The van der Waals surface area contributed by atoms with E-state index in [0.29, 0.717) is 18.1 Å². The van der Waals surface area contributed by atoms with E-state index >= 15 is 0 Å². The molecule has 1 aliphatic carbocycles. The summed E-state index contributed by atoms with van der Waals surface area (Å²) in [6, 6.07) is 2.44. The van der Waals surface area contributed by atoms with Crippen molar-refractivity contribution in [2.75, 3.05) is 11.9 Å². The molecule has 2 aromatic heterocycles. The molecule has 2 aliphatic rings. The van der Waals surface area contributed by atoms with E-state index in [1.165, 1.54) is 44.9 Å². The Morgan fingerprint density at radius 3 is 2.65 bits per heavy atom. The van der Waals surface area contributed by atoms with Gasteiger partial charge in [-0.3, -0.25) is 4.57 Å². The normalized spacial score (nSPS) is 28.2. The summed E-state index contributed by atoms with van der Waals surface area (Å²) in [5.74, 6) is 0. The van der Waals surface area contributed by atoms with Crippen LogP contribution in [-0.2, 0) is 4.74 Å². The number of anilines is 1. The molecule has 142 valence electrons. The summed E-state index contributed by atoms with van der Waals surface area (Å²) in [5, 5.41) is 23.2. The minimum Gasteiger partial charge on any atom is -0.394 e. The predicted octanol–water partition coefficient (Wildman–Crippen LogP) is 2.60. The summed E-state index contributed by atoms with van der Waals surface area (Å²) < 4.78 is 7.53. The van der Waals surface area contributed by atoms with Crippen LogP contribution in [0, 0.1) is 0 Å². The number of imidazole rings is 1. The maximum Gasteiger partial charge on any atom is 0.164 e. The van der Waals surface area contributed by atoms with Gasteiger partial charge in [-0.2, -0.15) is 0 Å². The number of rotatable bonds is 4. The van der Waals surface area contributed by atoms with Gasteiger partial charge in [-0.15, -0.1) is 0 Å². The van der Waals surface area contributed by atoms with Crippen LogP contribution in [0.5, 0.6) is 0 Å². The average Bonchev–Trinajstić information content (AvgIpc) is 3.20. The van der Waals surface area contributed by atoms with Gasteiger partial charge in [0.25, 0.3) is 0 Å². The van der Waals surface area contributed by atoms with Gasteiger partial charge in [-0.25, -0.2) is 9.97 Å². The van der Waals surface area contributed by atoms with E-state index in [2.05, 4.69) is 15.3 Å². The molecule has 1 saturated carbocycles. The fourth-order valence-corrected chi connectivity index (χ4v) is 4.15. The number of hydrogen-bond donors (Lipinski definition) is 3. The fourth-order valence-electron chi connectivity index (χ4n) is 4.15. The number of aromatic nitrogens is 3. The number of aliphatic hydroxyl groups is 2. The van der Waals surface area contributed by atoms with Crippen molar-refractivity contribution in [1.82, 2.24) is 14.5 Å². The number of nitrogens with one attached hydrogen (secondary N) is 1. The molecule has 1 aliphatic heterocycles. The zero-order chi connectivity index (χ0) is 17.9. The number of ether oxygens (including phenoxy) is 1. The molecule has 7 nitrogen and oxygen atoms in total. The molecule has 2 aromatic rings. The van der Waals surface area contributed by atoms with Crippen LogP contribution in [0.15, 0.2) is 18.6 Å². The van der Waals surface area contributed by atoms with Gasteiger partial charge in [0, 0.05) is 18.7 Å². The van der Waals surface area contributed by atoms with Crippen molar-refractivity contribution in [3.05, 3.63) is 18.6 Å². The Kier molecular flexibility index (Phi) is 5.38. The highest BCUT2D eigenvalue weighted by atomic mass is 16.5. The molecule has 1 saturated heterocycles. The van der Waals surface area contributed by atoms with Gasteiger partial charge in [-0.1, -0.05) is 32.1 Å². The average molecular weight is 360 g/mol. The molecule has 2 fully saturated rings. The molecule has 3 heterocycles. The van der Waals surface area contributed by atoms with Gasteiger partial charge in [0.15, 0.2) is 11.9 Å². The summed E-state index contributed by atoms with van der Waals surface area (Å²) >= 11 is 0. The van der Waals surface area contributed by atoms with Crippen molar-refractivity contribution in [2.24, 2.45) is 0 Å². The largest absolute Gasteiger partial charge is 0.394 e. The Hall–Kier alpha value is -1.70. The fraction of sp³-hybridized carbons (Fsp3) is 0.684. The van der Waals surface area contributed by atoms with E-state index in [4.69, 9.17) is 4.74 Å². The molecule has 0 amide bonds. The zero-order valence-corrected chi connectivity index (χ0v) is 15.0. The first-order chi connectivity index (χ1) is 12.8. The lowest BCUT2D eigenvalue weighted by molar-refractivity contribution is -0.0486. The van der Waals surface area contributed by atoms with Crippen LogP contribution in [0.2, 0.25) is 0 Å². The Morgan fingerprint density at radius 2 is 1.92 bits per heavy atom. The molecule has 4 rings (SSSR count). The van der Waals surface area contributed by atoms with E-state index in [1.807, 2.05) is 6.07 Å². The molecule has 0 aromatic carbocycles. The van der Waals surface area contributed by atoms with E-state index in [0.717, 1.165) is 11.2 Å². The first-order valence-electron chi connectivity index (χ1n) is 9.78. The van der Waals surface area contributed by atoms with E-state index < -0.39 is 12.3 Å². The van der Waals surface area contributed by atoms with Crippen molar-refractivity contribution in [2.45, 2.75) is 75.8 Å². The standard InChI is InChI=1S/C19H28N4O3/c24-11-14-10-16(25)19(26-14)23-12-21-17-15(8-9-20-18(17)23)22-13-6-4-2-1-3-5-7-13/h8-9,12-14,16,19,24-25H,1-7,10-11H2,(H,20,22)/t14-,16+,19+/m0/s1. The minimum atomic E-state index is -0.673. The highest BCUT2D eigenvalue weighted by molar-refractivity contribution is 5.85. The third-order valence-electron chi connectivity index (χ3n) is 5.57. The molecule has 0 spiro atoms. The zero-order valence-electron chi connectivity index (χ0n) is 15.0. The Morgan fingerprint density at radius 1 is 1.15 bits per heavy atom. The van der Waals surface area contributed by atoms with Gasteiger partial charge >= 0.3 is 0 Å². The van der Waals surface area contributed by atoms with Crippen LogP contribution in [0.25, 0.3) is 11.2 Å². The first-order valence-corrected chi connectivity index (χ1v) is 9.78. The van der Waals surface area contributed by atoms with Gasteiger partial charge in [-0.05, 0) is 18.9 Å². The summed E-state index contributed by atoms with van der Waals surface area (Å²) in [6.07, 6.45) is 11.2. The lowest BCUT2D eigenvalue weighted by atomic mass is 9.96. The van der Waals surface area contributed by atoms with Crippen molar-refractivity contribution < 1.29 is 14.9 Å². The summed E-state index contributed by atoms with van der Waals surface area (Å²) in [6.45, 7) is -0.0951. The second-order valence-electron chi connectivity index (χ2n) is 7.50. The van der Waals surface area contributed by atoms with Crippen LogP contribution in [0.4, 0.5) is 5.69 Å². The predicted molar refractivity (Wildman–Crippen MR) is 98.9 cm³/mol.